The fourth-order valence-electron chi connectivity index (χ4n) is 1.96. The van der Waals surface area contributed by atoms with Crippen LogP contribution in [0.5, 0.6) is 11.6 Å². The van der Waals surface area contributed by atoms with Gasteiger partial charge in [0.15, 0.2) is 0 Å². The number of primary amides is 1. The largest absolute Gasteiger partial charge is 0.435 e. The molecule has 7 nitrogen and oxygen atoms in total. The van der Waals surface area contributed by atoms with Crippen LogP contribution in [0, 0.1) is 0 Å². The molecule has 0 unspecified atom stereocenters. The van der Waals surface area contributed by atoms with E-state index in [4.69, 9.17) is 10.5 Å². The summed E-state index contributed by atoms with van der Waals surface area (Å²) in [5.74, 6) is 0.693. The minimum Gasteiger partial charge on any atom is -0.435 e. The Balaban J connectivity index is 2.10. The Labute approximate surface area is 120 Å². The van der Waals surface area contributed by atoms with Gasteiger partial charge in [0.25, 0.3) is 11.8 Å². The number of carbonyl (C=O) groups is 1. The van der Waals surface area contributed by atoms with Gasteiger partial charge in [-0.15, -0.1) is 0 Å². The molecule has 0 aliphatic rings. The first-order valence-electron chi connectivity index (χ1n) is 6.27. The molecule has 1 aromatic carbocycles. The minimum absolute atomic E-state index is 0.291. The maximum Gasteiger partial charge on any atom is 0.265 e. The lowest BCUT2D eigenvalue weighted by atomic mass is 10.2. The molecule has 0 aliphatic carbocycles. The van der Waals surface area contributed by atoms with Crippen LogP contribution >= 0.6 is 0 Å². The Kier molecular flexibility index (Phi) is 3.15. The second kappa shape index (κ2) is 5.12. The number of benzene rings is 1. The van der Waals surface area contributed by atoms with Crippen LogP contribution in [0.1, 0.15) is 10.4 Å². The zero-order valence-electron chi connectivity index (χ0n) is 11.3. The number of hydrogen-bond acceptors (Lipinski definition) is 5. The zero-order valence-corrected chi connectivity index (χ0v) is 11.3. The van der Waals surface area contributed by atoms with Crippen LogP contribution in [0.3, 0.4) is 0 Å². The van der Waals surface area contributed by atoms with Gasteiger partial charge < -0.3 is 15.8 Å². The lowest BCUT2D eigenvalue weighted by molar-refractivity contribution is 0.0998. The molecule has 0 aliphatic heterocycles. The molecule has 0 spiro atoms. The van der Waals surface area contributed by atoms with E-state index >= 15 is 0 Å². The van der Waals surface area contributed by atoms with Crippen molar-refractivity contribution in [2.75, 3.05) is 12.4 Å². The third-order valence-electron chi connectivity index (χ3n) is 2.96. The van der Waals surface area contributed by atoms with Crippen molar-refractivity contribution in [2.24, 2.45) is 5.73 Å². The van der Waals surface area contributed by atoms with Crippen molar-refractivity contribution in [2.45, 2.75) is 0 Å². The van der Waals surface area contributed by atoms with Gasteiger partial charge in [0.1, 0.15) is 11.6 Å². The van der Waals surface area contributed by atoms with Gasteiger partial charge >= 0.3 is 0 Å². The van der Waals surface area contributed by atoms with E-state index in [0.29, 0.717) is 28.7 Å². The number of anilines is 1. The maximum absolute atomic E-state index is 11.4. The summed E-state index contributed by atoms with van der Waals surface area (Å²) in [5, 5.41) is 2.94. The first-order chi connectivity index (χ1) is 10.2. The first-order valence-corrected chi connectivity index (χ1v) is 6.27. The molecule has 106 valence electrons. The Morgan fingerprint density at radius 2 is 2.19 bits per heavy atom. The molecular weight excluding hydrogens is 270 g/mol. The van der Waals surface area contributed by atoms with Gasteiger partial charge in [0.2, 0.25) is 5.65 Å². The number of nitrogens with one attached hydrogen (secondary N) is 1. The molecule has 2 heterocycles. The quantitative estimate of drug-likeness (QED) is 0.759. The summed E-state index contributed by atoms with van der Waals surface area (Å²) in [7, 11) is 1.76. The first kappa shape index (κ1) is 12.9. The Bertz CT molecular complexity index is 812. The van der Waals surface area contributed by atoms with E-state index in [1.165, 1.54) is 0 Å². The molecule has 21 heavy (non-hydrogen) atoms. The average Bonchev–Trinajstić information content (AvgIpc) is 2.96. The molecule has 3 rings (SSSR count). The minimum atomic E-state index is -0.560. The summed E-state index contributed by atoms with van der Waals surface area (Å²) in [4.78, 5) is 20.0. The molecule has 0 fully saturated rings. The topological polar surface area (TPSA) is 94.5 Å². The van der Waals surface area contributed by atoms with E-state index < -0.39 is 5.91 Å². The molecule has 1 amide bonds. The highest BCUT2D eigenvalue weighted by molar-refractivity contribution is 5.95. The van der Waals surface area contributed by atoms with Crippen LogP contribution in [0.2, 0.25) is 0 Å². The van der Waals surface area contributed by atoms with Crippen molar-refractivity contribution >= 4 is 17.4 Å². The van der Waals surface area contributed by atoms with Crippen molar-refractivity contribution in [3.05, 3.63) is 48.4 Å². The standard InChI is InChI=1S/C14H13N5O2/c1-16-11-8-19-7-6-17-13(19)14(18-11)21-10-5-3-2-4-9(10)12(15)20/h2-8,16H,1H3,(H2,15,20). The van der Waals surface area contributed by atoms with E-state index in [1.54, 1.807) is 54.3 Å². The maximum atomic E-state index is 11.4. The molecule has 3 aromatic rings. The van der Waals surface area contributed by atoms with Crippen LogP contribution in [0.25, 0.3) is 5.65 Å². The van der Waals surface area contributed by atoms with E-state index in [2.05, 4.69) is 15.3 Å². The number of fused-ring (bicyclic) bond motifs is 1. The van der Waals surface area contributed by atoms with Crippen molar-refractivity contribution in [3.8, 4) is 11.6 Å². The summed E-state index contributed by atoms with van der Waals surface area (Å²) in [6.07, 6.45) is 5.21. The van der Waals surface area contributed by atoms with Crippen molar-refractivity contribution < 1.29 is 9.53 Å². The lowest BCUT2D eigenvalue weighted by Crippen LogP contribution is -2.12. The number of nitrogens with two attached hydrogens (primary N) is 1. The Morgan fingerprint density at radius 1 is 1.38 bits per heavy atom. The van der Waals surface area contributed by atoms with Crippen molar-refractivity contribution in [3.63, 3.8) is 0 Å². The molecule has 0 saturated heterocycles. The number of amides is 1. The van der Waals surface area contributed by atoms with Gasteiger partial charge in [-0.3, -0.25) is 9.20 Å². The summed E-state index contributed by atoms with van der Waals surface area (Å²) in [6, 6.07) is 6.73. The van der Waals surface area contributed by atoms with E-state index in [1.807, 2.05) is 0 Å². The predicted molar refractivity (Wildman–Crippen MR) is 77.6 cm³/mol. The monoisotopic (exact) mass is 283 g/mol. The molecule has 0 radical (unpaired) electrons. The van der Waals surface area contributed by atoms with E-state index in [0.717, 1.165) is 0 Å². The highest BCUT2D eigenvalue weighted by Gasteiger charge is 2.14. The number of nitrogens with zero attached hydrogens (tertiary/aromatic N) is 3. The molecule has 0 atom stereocenters. The van der Waals surface area contributed by atoms with Gasteiger partial charge in [-0.1, -0.05) is 12.1 Å². The second-order valence-corrected chi connectivity index (χ2v) is 4.30. The van der Waals surface area contributed by atoms with Crippen LogP contribution < -0.4 is 15.8 Å². The third-order valence-corrected chi connectivity index (χ3v) is 2.96. The van der Waals surface area contributed by atoms with Gasteiger partial charge in [0.05, 0.1) is 11.8 Å². The molecule has 0 bridgehead atoms. The van der Waals surface area contributed by atoms with Gasteiger partial charge in [-0.25, -0.2) is 4.98 Å². The molecule has 0 saturated carbocycles. The van der Waals surface area contributed by atoms with Gasteiger partial charge in [-0.05, 0) is 12.1 Å². The molecular formula is C14H13N5O2. The number of aromatic nitrogens is 3. The fraction of sp³-hybridized carbons (Fsp3) is 0.0714. The fourth-order valence-corrected chi connectivity index (χ4v) is 1.96. The molecule has 2 aromatic heterocycles. The second-order valence-electron chi connectivity index (χ2n) is 4.30. The molecule has 3 N–H and O–H groups in total. The predicted octanol–water partition coefficient (Wildman–Crippen LogP) is 1.66. The summed E-state index contributed by atoms with van der Waals surface area (Å²) in [5.41, 5.74) is 6.18. The zero-order chi connectivity index (χ0) is 14.8. The molecule has 7 heteroatoms. The smallest absolute Gasteiger partial charge is 0.265 e. The number of ether oxygens (including phenoxy) is 1. The average molecular weight is 283 g/mol. The van der Waals surface area contributed by atoms with Crippen LogP contribution in [-0.2, 0) is 0 Å². The van der Waals surface area contributed by atoms with Crippen molar-refractivity contribution in [1.29, 1.82) is 0 Å². The van der Waals surface area contributed by atoms with Crippen LogP contribution in [0.15, 0.2) is 42.9 Å². The highest BCUT2D eigenvalue weighted by Crippen LogP contribution is 2.27. The van der Waals surface area contributed by atoms with E-state index in [-0.39, 0.29) is 0 Å². The number of imidazole rings is 1. The SMILES string of the molecule is CNc1cn2ccnc2c(Oc2ccccc2C(N)=O)n1. The third kappa shape index (κ3) is 2.36. The summed E-state index contributed by atoms with van der Waals surface area (Å²) < 4.78 is 7.53. The Hall–Kier alpha value is -3.09. The summed E-state index contributed by atoms with van der Waals surface area (Å²) in [6.45, 7) is 0. The number of hydrogen-bond donors (Lipinski definition) is 2. The van der Waals surface area contributed by atoms with Crippen LogP contribution in [0.4, 0.5) is 5.82 Å². The van der Waals surface area contributed by atoms with Gasteiger partial charge in [0, 0.05) is 19.4 Å². The van der Waals surface area contributed by atoms with Crippen LogP contribution in [-0.4, -0.2) is 27.3 Å². The van der Waals surface area contributed by atoms with E-state index in [9.17, 15) is 4.79 Å². The lowest BCUT2D eigenvalue weighted by Gasteiger charge is -2.10. The normalized spacial score (nSPS) is 10.5. The highest BCUT2D eigenvalue weighted by atomic mass is 16.5. The number of rotatable bonds is 4. The van der Waals surface area contributed by atoms with Gasteiger partial charge in [-0.2, -0.15) is 4.98 Å². The van der Waals surface area contributed by atoms with Crippen molar-refractivity contribution in [1.82, 2.24) is 14.4 Å². The Morgan fingerprint density at radius 3 is 2.95 bits per heavy atom. The number of carbonyl (C=O) groups excluding carboxylic acids is 1. The number of para-hydroxylation sites is 1. The summed E-state index contributed by atoms with van der Waals surface area (Å²) >= 11 is 0.